The molecule has 0 fully saturated rings. The van der Waals surface area contributed by atoms with E-state index >= 15 is 0 Å². The standard InChI is InChI=1S/C10H10N2O2/c13-6-12-8-3-4-9(14)10-7(8)2-1-5-11-10/h3-4,11,14H,1-2,5H2. The van der Waals surface area contributed by atoms with Crippen molar-refractivity contribution in [1.82, 2.24) is 0 Å². The van der Waals surface area contributed by atoms with Crippen LogP contribution in [-0.4, -0.2) is 17.7 Å². The molecule has 0 radical (unpaired) electrons. The van der Waals surface area contributed by atoms with E-state index in [-0.39, 0.29) is 5.75 Å². The van der Waals surface area contributed by atoms with Crippen molar-refractivity contribution in [3.8, 4) is 5.75 Å². The van der Waals surface area contributed by atoms with Crippen molar-refractivity contribution in [2.45, 2.75) is 12.8 Å². The Kier molecular flexibility index (Phi) is 2.21. The number of benzene rings is 1. The van der Waals surface area contributed by atoms with Gasteiger partial charge in [-0.25, -0.2) is 4.79 Å². The van der Waals surface area contributed by atoms with Crippen LogP contribution in [0.25, 0.3) is 0 Å². The molecular weight excluding hydrogens is 180 g/mol. The number of isocyanates is 1. The minimum Gasteiger partial charge on any atom is -0.506 e. The van der Waals surface area contributed by atoms with Gasteiger partial charge in [0.25, 0.3) is 0 Å². The number of phenolic OH excluding ortho intramolecular Hbond substituents is 1. The van der Waals surface area contributed by atoms with E-state index in [1.807, 2.05) is 0 Å². The highest BCUT2D eigenvalue weighted by molar-refractivity contribution is 5.72. The summed E-state index contributed by atoms with van der Waals surface area (Å²) in [5, 5.41) is 12.6. The summed E-state index contributed by atoms with van der Waals surface area (Å²) >= 11 is 0. The average molecular weight is 190 g/mol. The van der Waals surface area contributed by atoms with E-state index in [0.29, 0.717) is 11.4 Å². The van der Waals surface area contributed by atoms with E-state index < -0.39 is 0 Å². The molecule has 4 heteroatoms. The number of hydrogen-bond donors (Lipinski definition) is 2. The lowest BCUT2D eigenvalue weighted by Crippen LogP contribution is -2.11. The van der Waals surface area contributed by atoms with Gasteiger partial charge in [-0.3, -0.25) is 0 Å². The molecule has 0 saturated heterocycles. The lowest BCUT2D eigenvalue weighted by molar-refractivity contribution is 0.475. The number of anilines is 1. The van der Waals surface area contributed by atoms with E-state index in [1.165, 1.54) is 12.1 Å². The maximum absolute atomic E-state index is 10.2. The summed E-state index contributed by atoms with van der Waals surface area (Å²) in [4.78, 5) is 13.8. The van der Waals surface area contributed by atoms with E-state index in [9.17, 15) is 9.90 Å². The SMILES string of the molecule is O=C=Nc1ccc(O)c2c1CCCN2. The topological polar surface area (TPSA) is 61.7 Å². The Morgan fingerprint density at radius 2 is 2.36 bits per heavy atom. The first kappa shape index (κ1) is 8.78. The summed E-state index contributed by atoms with van der Waals surface area (Å²) in [5.74, 6) is 0.213. The largest absolute Gasteiger partial charge is 0.506 e. The third-order valence-electron chi connectivity index (χ3n) is 2.34. The van der Waals surface area contributed by atoms with Gasteiger partial charge in [-0.2, -0.15) is 4.99 Å². The lowest BCUT2D eigenvalue weighted by Gasteiger charge is -2.19. The molecule has 1 aliphatic heterocycles. The fourth-order valence-corrected chi connectivity index (χ4v) is 1.71. The van der Waals surface area contributed by atoms with Gasteiger partial charge in [0, 0.05) is 12.1 Å². The molecule has 0 unspecified atom stereocenters. The van der Waals surface area contributed by atoms with Crippen molar-refractivity contribution in [2.75, 3.05) is 11.9 Å². The summed E-state index contributed by atoms with van der Waals surface area (Å²) in [6.07, 6.45) is 3.33. The van der Waals surface area contributed by atoms with Gasteiger partial charge >= 0.3 is 0 Å². The molecule has 1 aromatic rings. The van der Waals surface area contributed by atoms with E-state index in [4.69, 9.17) is 0 Å². The number of aliphatic imine (C=N–C) groups is 1. The van der Waals surface area contributed by atoms with Crippen LogP contribution < -0.4 is 5.32 Å². The molecule has 2 rings (SSSR count). The van der Waals surface area contributed by atoms with Gasteiger partial charge in [0.1, 0.15) is 5.75 Å². The van der Waals surface area contributed by atoms with Crippen molar-refractivity contribution in [3.05, 3.63) is 17.7 Å². The van der Waals surface area contributed by atoms with Gasteiger partial charge in [-0.05, 0) is 25.0 Å². The first-order valence-corrected chi connectivity index (χ1v) is 4.49. The van der Waals surface area contributed by atoms with Gasteiger partial charge in [0.15, 0.2) is 0 Å². The average Bonchev–Trinajstić information content (AvgIpc) is 2.23. The van der Waals surface area contributed by atoms with Crippen molar-refractivity contribution in [1.29, 1.82) is 0 Å². The number of fused-ring (bicyclic) bond motifs is 1. The number of nitrogens with one attached hydrogen (secondary N) is 1. The number of nitrogens with zero attached hydrogens (tertiary/aromatic N) is 1. The summed E-state index contributed by atoms with van der Waals surface area (Å²) in [5.41, 5.74) is 2.20. The van der Waals surface area contributed by atoms with E-state index in [0.717, 1.165) is 24.9 Å². The molecule has 1 aromatic carbocycles. The number of hydrogen-bond acceptors (Lipinski definition) is 4. The molecule has 1 aliphatic rings. The molecule has 0 aromatic heterocycles. The zero-order valence-electron chi connectivity index (χ0n) is 7.58. The zero-order chi connectivity index (χ0) is 9.97. The molecule has 0 spiro atoms. The van der Waals surface area contributed by atoms with Crippen molar-refractivity contribution >= 4 is 17.5 Å². The van der Waals surface area contributed by atoms with E-state index in [2.05, 4.69) is 10.3 Å². The lowest BCUT2D eigenvalue weighted by atomic mass is 10.0. The van der Waals surface area contributed by atoms with Crippen LogP contribution in [0.2, 0.25) is 0 Å². The van der Waals surface area contributed by atoms with Gasteiger partial charge in [0.2, 0.25) is 6.08 Å². The van der Waals surface area contributed by atoms with E-state index in [1.54, 1.807) is 6.07 Å². The summed E-state index contributed by atoms with van der Waals surface area (Å²) in [6, 6.07) is 3.17. The Morgan fingerprint density at radius 1 is 1.50 bits per heavy atom. The molecule has 72 valence electrons. The van der Waals surface area contributed by atoms with Gasteiger partial charge in [-0.1, -0.05) is 0 Å². The molecule has 0 saturated carbocycles. The fourth-order valence-electron chi connectivity index (χ4n) is 1.71. The molecule has 0 atom stereocenters. The third-order valence-corrected chi connectivity index (χ3v) is 2.34. The van der Waals surface area contributed by atoms with Crippen LogP contribution in [0.1, 0.15) is 12.0 Å². The summed E-state index contributed by atoms with van der Waals surface area (Å²) < 4.78 is 0. The first-order valence-electron chi connectivity index (χ1n) is 4.49. The van der Waals surface area contributed by atoms with Crippen LogP contribution in [0.5, 0.6) is 5.75 Å². The van der Waals surface area contributed by atoms with Crippen LogP contribution >= 0.6 is 0 Å². The monoisotopic (exact) mass is 190 g/mol. The normalized spacial score (nSPS) is 13.7. The molecule has 0 amide bonds. The number of carbonyl (C=O) groups excluding carboxylic acids is 1. The Bertz CT molecular complexity index is 409. The first-order chi connectivity index (χ1) is 6.83. The van der Waals surface area contributed by atoms with Crippen LogP contribution in [0, 0.1) is 0 Å². The quantitative estimate of drug-likeness (QED) is 0.402. The second-order valence-corrected chi connectivity index (χ2v) is 3.19. The molecule has 0 aliphatic carbocycles. The predicted octanol–water partition coefficient (Wildman–Crippen LogP) is 1.72. The van der Waals surface area contributed by atoms with Crippen molar-refractivity contribution in [2.24, 2.45) is 4.99 Å². The smallest absolute Gasteiger partial charge is 0.240 e. The molecule has 4 nitrogen and oxygen atoms in total. The van der Waals surface area contributed by atoms with Crippen LogP contribution in [-0.2, 0) is 11.2 Å². The van der Waals surface area contributed by atoms with Gasteiger partial charge in [0.05, 0.1) is 11.4 Å². The van der Waals surface area contributed by atoms with Crippen molar-refractivity contribution < 1.29 is 9.90 Å². The number of rotatable bonds is 1. The van der Waals surface area contributed by atoms with Gasteiger partial charge in [-0.15, -0.1) is 0 Å². The van der Waals surface area contributed by atoms with Crippen LogP contribution in [0.3, 0.4) is 0 Å². The predicted molar refractivity (Wildman–Crippen MR) is 52.7 cm³/mol. The molecule has 2 N–H and O–H groups in total. The maximum atomic E-state index is 10.2. The number of aromatic hydroxyl groups is 1. The second-order valence-electron chi connectivity index (χ2n) is 3.19. The minimum absolute atomic E-state index is 0.213. The Balaban J connectivity index is 2.58. The summed E-state index contributed by atoms with van der Waals surface area (Å²) in [7, 11) is 0. The summed E-state index contributed by atoms with van der Waals surface area (Å²) in [6.45, 7) is 0.842. The molecular formula is C10H10N2O2. The van der Waals surface area contributed by atoms with Crippen LogP contribution in [0.4, 0.5) is 11.4 Å². The third kappa shape index (κ3) is 1.36. The fraction of sp³-hybridized carbons (Fsp3) is 0.300. The number of phenols is 1. The zero-order valence-corrected chi connectivity index (χ0v) is 7.58. The minimum atomic E-state index is 0.213. The molecule has 0 bridgehead atoms. The highest BCUT2D eigenvalue weighted by Gasteiger charge is 2.15. The van der Waals surface area contributed by atoms with Gasteiger partial charge < -0.3 is 10.4 Å². The Hall–Kier alpha value is -1.80. The maximum Gasteiger partial charge on any atom is 0.240 e. The molecule has 1 heterocycles. The highest BCUT2D eigenvalue weighted by atomic mass is 16.3. The Morgan fingerprint density at radius 3 is 3.14 bits per heavy atom. The Labute approximate surface area is 81.3 Å². The highest BCUT2D eigenvalue weighted by Crippen LogP contribution is 2.37. The molecule has 14 heavy (non-hydrogen) atoms. The van der Waals surface area contributed by atoms with Crippen LogP contribution in [0.15, 0.2) is 17.1 Å². The van der Waals surface area contributed by atoms with Crippen molar-refractivity contribution in [3.63, 3.8) is 0 Å². The second kappa shape index (κ2) is 3.52.